The Morgan fingerprint density at radius 1 is 1.15 bits per heavy atom. The number of carbonyl (C=O) groups excluding carboxylic acids is 1. The van der Waals surface area contributed by atoms with Crippen LogP contribution < -0.4 is 10.6 Å². The van der Waals surface area contributed by atoms with E-state index in [-0.39, 0.29) is 42.3 Å². The van der Waals surface area contributed by atoms with Crippen molar-refractivity contribution >= 4 is 6.29 Å². The number of aliphatic hydroxyl groups is 4. The van der Waals surface area contributed by atoms with Gasteiger partial charge in [-0.05, 0) is 119 Å². The summed E-state index contributed by atoms with van der Waals surface area (Å²) >= 11 is 0. The molecule has 0 radical (unpaired) electrons. The van der Waals surface area contributed by atoms with Crippen molar-refractivity contribution in [3.8, 4) is 0 Å². The molecule has 1 spiro atoms. The fourth-order valence-electron chi connectivity index (χ4n) is 9.84. The van der Waals surface area contributed by atoms with Crippen LogP contribution in [0.25, 0.3) is 0 Å². The molecule has 0 aliphatic heterocycles. The number of hydrogen-bond acceptors (Lipinski definition) is 7. The van der Waals surface area contributed by atoms with Gasteiger partial charge in [-0.25, -0.2) is 0 Å². The van der Waals surface area contributed by atoms with E-state index < -0.39 is 17.1 Å². The highest BCUT2D eigenvalue weighted by Gasteiger charge is 2.68. The van der Waals surface area contributed by atoms with Crippen LogP contribution in [-0.2, 0) is 4.79 Å². The lowest BCUT2D eigenvalue weighted by molar-refractivity contribution is -0.194. The third kappa shape index (κ3) is 7.41. The van der Waals surface area contributed by atoms with Crippen LogP contribution in [0.2, 0.25) is 0 Å². The number of rotatable bonds is 16. The summed E-state index contributed by atoms with van der Waals surface area (Å²) in [7, 11) is 1.87. The summed E-state index contributed by atoms with van der Waals surface area (Å²) in [5, 5.41) is 52.5. The van der Waals surface area contributed by atoms with Gasteiger partial charge in [-0.1, -0.05) is 73.9 Å². The molecule has 6 N–H and O–H groups in total. The van der Waals surface area contributed by atoms with Gasteiger partial charge in [0, 0.05) is 30.4 Å². The highest BCUT2D eigenvalue weighted by molar-refractivity contribution is 5.74. The summed E-state index contributed by atoms with van der Waals surface area (Å²) in [4.78, 5) is 12.2. The fourth-order valence-corrected chi connectivity index (χ4v) is 9.84. The van der Waals surface area contributed by atoms with E-state index >= 15 is 0 Å². The Balaban J connectivity index is 1.67. The second-order valence-electron chi connectivity index (χ2n) is 14.9. The average Bonchev–Trinajstić information content (AvgIpc) is 3.69. The number of fused-ring (bicyclic) bond motifs is 3. The summed E-state index contributed by atoms with van der Waals surface area (Å²) < 4.78 is 0. The minimum atomic E-state index is -1.19. The van der Waals surface area contributed by atoms with E-state index in [0.29, 0.717) is 44.2 Å². The Hall–Kier alpha value is -2.13. The second kappa shape index (κ2) is 16.5. The van der Waals surface area contributed by atoms with Gasteiger partial charge in [-0.15, -0.1) is 0 Å². The lowest BCUT2D eigenvalue weighted by Gasteiger charge is -2.61. The Labute approximate surface area is 283 Å². The van der Waals surface area contributed by atoms with Gasteiger partial charge in [0.15, 0.2) is 0 Å². The number of carbonyl (C=O) groups is 1. The molecule has 0 saturated heterocycles. The van der Waals surface area contributed by atoms with E-state index in [1.165, 1.54) is 18.4 Å². The summed E-state index contributed by atoms with van der Waals surface area (Å²) in [5.74, 6) is -0.831. The van der Waals surface area contributed by atoms with Crippen molar-refractivity contribution in [2.24, 2.45) is 34.5 Å². The molecule has 0 aromatic heterocycles. The Kier molecular flexibility index (Phi) is 13.2. The molecule has 0 unspecified atom stereocenters. The summed E-state index contributed by atoms with van der Waals surface area (Å²) in [6.45, 7) is 12.9. The molecule has 0 heterocycles. The Bertz CT molecular complexity index is 1260. The first-order chi connectivity index (χ1) is 22.6. The van der Waals surface area contributed by atoms with Gasteiger partial charge in [0.25, 0.3) is 0 Å². The predicted octanol–water partition coefficient (Wildman–Crippen LogP) is 5.34. The van der Waals surface area contributed by atoms with Crippen LogP contribution >= 0.6 is 0 Å². The molecule has 262 valence electrons. The maximum absolute atomic E-state index is 12.7. The molecule has 4 aliphatic carbocycles. The lowest BCUT2D eigenvalue weighted by Crippen LogP contribution is -2.65. The zero-order valence-corrected chi connectivity index (χ0v) is 29.4. The van der Waals surface area contributed by atoms with Crippen LogP contribution in [-0.4, -0.2) is 78.3 Å². The molecule has 0 aromatic carbocycles. The molecule has 7 heteroatoms. The Morgan fingerprint density at radius 2 is 1.89 bits per heavy atom. The van der Waals surface area contributed by atoms with Crippen LogP contribution in [0.1, 0.15) is 85.0 Å². The molecular formula is C40H62N2O5. The molecule has 4 rings (SSSR count). The van der Waals surface area contributed by atoms with Crippen LogP contribution in [0, 0.1) is 34.5 Å². The van der Waals surface area contributed by atoms with Gasteiger partial charge in [-0.3, -0.25) is 4.79 Å². The summed E-state index contributed by atoms with van der Waals surface area (Å²) in [6.07, 6.45) is 20.8. The largest absolute Gasteiger partial charge is 0.396 e. The normalized spacial score (nSPS) is 34.9. The molecule has 47 heavy (non-hydrogen) atoms. The number of likely N-dealkylation sites (N-methyl/N-ethyl adjacent to an activating group) is 1. The molecule has 3 fully saturated rings. The van der Waals surface area contributed by atoms with Crippen LogP contribution in [0.3, 0.4) is 0 Å². The van der Waals surface area contributed by atoms with Crippen molar-refractivity contribution in [1.82, 2.24) is 10.6 Å². The second-order valence-corrected chi connectivity index (χ2v) is 14.9. The van der Waals surface area contributed by atoms with Gasteiger partial charge in [-0.2, -0.15) is 0 Å². The standard InChI is InChI=1S/C40H62N2O5/c1-6-42-25-28(2)14-19-38(17-7-8-18-38)30(4)10-9-11-33(27-45)34-15-20-40(37(34)46)36-31(16-23-43)12-13-32(35(36)29(3)26-44)24-39(40,47)21-22-41-5/h9-14,26,31-32,34,36-37,41-43,45-47H,4,6-8,15-25,27H2,1-3,5H3/b10-9+,28-14+,33-11-,35-29?/t31-,32-,34-,36-,37+,39+,40+/m0/s1. The van der Waals surface area contributed by atoms with Crippen molar-refractivity contribution in [3.63, 3.8) is 0 Å². The lowest BCUT2D eigenvalue weighted by atomic mass is 9.45. The maximum atomic E-state index is 12.7. The first kappa shape index (κ1) is 37.7. The van der Waals surface area contributed by atoms with Gasteiger partial charge in [0.2, 0.25) is 0 Å². The summed E-state index contributed by atoms with van der Waals surface area (Å²) in [6, 6.07) is 0. The quantitative estimate of drug-likeness (QED) is 0.0577. The molecule has 0 aromatic rings. The smallest absolute Gasteiger partial charge is 0.145 e. The fraction of sp³-hybridized carbons (Fsp3) is 0.675. The first-order valence-corrected chi connectivity index (χ1v) is 18.1. The molecule has 0 amide bonds. The first-order valence-electron chi connectivity index (χ1n) is 18.1. The monoisotopic (exact) mass is 650 g/mol. The topological polar surface area (TPSA) is 122 Å². The van der Waals surface area contributed by atoms with Crippen LogP contribution in [0.4, 0.5) is 0 Å². The van der Waals surface area contributed by atoms with E-state index in [1.807, 2.05) is 26.1 Å². The van der Waals surface area contributed by atoms with E-state index in [1.54, 1.807) is 0 Å². The van der Waals surface area contributed by atoms with Crippen molar-refractivity contribution in [3.05, 3.63) is 70.9 Å². The van der Waals surface area contributed by atoms with Gasteiger partial charge >= 0.3 is 0 Å². The van der Waals surface area contributed by atoms with E-state index in [0.717, 1.165) is 55.4 Å². The average molecular weight is 651 g/mol. The van der Waals surface area contributed by atoms with E-state index in [9.17, 15) is 25.2 Å². The van der Waals surface area contributed by atoms with Gasteiger partial charge < -0.3 is 31.1 Å². The highest BCUT2D eigenvalue weighted by Crippen LogP contribution is 2.67. The zero-order valence-electron chi connectivity index (χ0n) is 29.4. The van der Waals surface area contributed by atoms with Crippen molar-refractivity contribution in [1.29, 1.82) is 0 Å². The molecular weight excluding hydrogens is 588 g/mol. The molecule has 7 nitrogen and oxygen atoms in total. The maximum Gasteiger partial charge on any atom is 0.145 e. The number of allylic oxidation sites excluding steroid dienone is 9. The van der Waals surface area contributed by atoms with Gasteiger partial charge in [0.1, 0.15) is 6.29 Å². The van der Waals surface area contributed by atoms with E-state index in [2.05, 4.69) is 55.4 Å². The minimum absolute atomic E-state index is 0.0168. The van der Waals surface area contributed by atoms with Crippen molar-refractivity contribution in [2.45, 2.75) is 96.7 Å². The number of hydrogen-bond donors (Lipinski definition) is 6. The number of aliphatic hydroxyl groups excluding tert-OH is 3. The van der Waals surface area contributed by atoms with Crippen molar-refractivity contribution in [2.75, 3.05) is 39.9 Å². The molecule has 4 aliphatic rings. The predicted molar refractivity (Wildman–Crippen MR) is 191 cm³/mol. The van der Waals surface area contributed by atoms with Gasteiger partial charge in [0.05, 0.1) is 18.3 Å². The summed E-state index contributed by atoms with van der Waals surface area (Å²) in [5.41, 5.74) is 2.79. The number of aldehydes is 1. The van der Waals surface area contributed by atoms with Crippen LogP contribution in [0.5, 0.6) is 0 Å². The van der Waals surface area contributed by atoms with E-state index in [4.69, 9.17) is 0 Å². The molecule has 2 bridgehead atoms. The third-order valence-electron chi connectivity index (χ3n) is 12.4. The van der Waals surface area contributed by atoms with Crippen molar-refractivity contribution < 1.29 is 25.2 Å². The minimum Gasteiger partial charge on any atom is -0.396 e. The number of nitrogens with one attached hydrogen (secondary N) is 2. The third-order valence-corrected chi connectivity index (χ3v) is 12.4. The SMILES string of the molecule is C=C(/C=C/C=C(/CO)[C@@H]1CC[C@]2([C@@H]1O)[C@@H]1C(=C(C)C=O)[C@@H](C=C[C@H]1CCO)C[C@]2(O)CCNC)C1(C/C=C(\C)CNCC)CCCC1. The Morgan fingerprint density at radius 3 is 2.53 bits per heavy atom. The molecule has 3 saturated carbocycles. The molecule has 7 atom stereocenters. The zero-order chi connectivity index (χ0) is 34.2. The van der Waals surface area contributed by atoms with Crippen LogP contribution in [0.15, 0.2) is 70.9 Å². The highest BCUT2D eigenvalue weighted by atomic mass is 16.3.